The monoisotopic (exact) mass is 270 g/mol. The van der Waals surface area contributed by atoms with Crippen LogP contribution < -0.4 is 11.2 Å². The lowest BCUT2D eigenvalue weighted by molar-refractivity contribution is -0.0993. The Hall–Kier alpha value is -1.74. The Kier molecular flexibility index (Phi) is 4.27. The van der Waals surface area contributed by atoms with Gasteiger partial charge in [-0.15, -0.1) is 0 Å². The van der Waals surface area contributed by atoms with E-state index in [1.807, 2.05) is 0 Å². The Bertz CT molecular complexity index is 575. The van der Waals surface area contributed by atoms with Crippen LogP contribution in [-0.2, 0) is 9.47 Å². The van der Waals surface area contributed by atoms with Crippen LogP contribution in [0.2, 0.25) is 0 Å². The lowest BCUT2D eigenvalue weighted by Crippen LogP contribution is -2.34. The molecule has 19 heavy (non-hydrogen) atoms. The number of hydrogen-bond acceptors (Lipinski definition) is 6. The summed E-state index contributed by atoms with van der Waals surface area (Å²) in [6.45, 7) is -0.430. The molecule has 2 atom stereocenters. The molecule has 0 aromatic carbocycles. The van der Waals surface area contributed by atoms with Crippen LogP contribution in [0.25, 0.3) is 6.08 Å². The van der Waals surface area contributed by atoms with Gasteiger partial charge in [-0.2, -0.15) is 0 Å². The van der Waals surface area contributed by atoms with Gasteiger partial charge < -0.3 is 19.7 Å². The third-order valence-corrected chi connectivity index (χ3v) is 2.59. The van der Waals surface area contributed by atoms with Gasteiger partial charge >= 0.3 is 5.69 Å². The van der Waals surface area contributed by atoms with Crippen LogP contribution in [0.4, 0.5) is 0 Å². The second-order valence-corrected chi connectivity index (χ2v) is 3.87. The van der Waals surface area contributed by atoms with Gasteiger partial charge in [0.05, 0.1) is 25.4 Å². The molecule has 1 aromatic heterocycles. The van der Waals surface area contributed by atoms with Crippen molar-refractivity contribution in [3.8, 4) is 0 Å². The van der Waals surface area contributed by atoms with Crippen molar-refractivity contribution in [3.63, 3.8) is 0 Å². The molecule has 0 radical (unpaired) electrons. The molecule has 0 saturated carbocycles. The van der Waals surface area contributed by atoms with Crippen LogP contribution in [0.1, 0.15) is 11.8 Å². The zero-order valence-electron chi connectivity index (χ0n) is 9.98. The lowest BCUT2D eigenvalue weighted by atomic mass is 10.3. The van der Waals surface area contributed by atoms with Gasteiger partial charge in [-0.25, -0.2) is 4.79 Å². The van der Waals surface area contributed by atoms with E-state index in [1.165, 1.54) is 22.9 Å². The normalized spacial score (nSPS) is 23.3. The van der Waals surface area contributed by atoms with Gasteiger partial charge in [0.2, 0.25) is 0 Å². The van der Waals surface area contributed by atoms with Crippen molar-refractivity contribution < 1.29 is 19.7 Å². The van der Waals surface area contributed by atoms with E-state index in [-0.39, 0.29) is 25.4 Å². The SMILES string of the molecule is O=c1[nH]c(=O)n([C@@H]2CO[C@H](CO)O2)cc1/C=C/CO. The number of nitrogens with one attached hydrogen (secondary N) is 1. The second kappa shape index (κ2) is 5.93. The van der Waals surface area contributed by atoms with Crippen molar-refractivity contribution in [2.75, 3.05) is 19.8 Å². The maximum atomic E-state index is 11.7. The summed E-state index contributed by atoms with van der Waals surface area (Å²) < 4.78 is 11.5. The Balaban J connectivity index is 2.33. The van der Waals surface area contributed by atoms with Crippen LogP contribution in [-0.4, -0.2) is 45.9 Å². The standard InChI is InChI=1S/C11H14N2O6/c14-3-1-2-7-4-13(11(17)12-10(7)16)8-6-18-9(5-15)19-8/h1-2,4,8-9,14-15H,3,5-6H2,(H,12,16,17)/b2-1+/t8-,9-/m0/s1. The molecule has 0 amide bonds. The van der Waals surface area contributed by atoms with Crippen LogP contribution in [0.15, 0.2) is 21.9 Å². The fraction of sp³-hybridized carbons (Fsp3) is 0.455. The maximum absolute atomic E-state index is 11.7. The van der Waals surface area contributed by atoms with E-state index in [0.29, 0.717) is 0 Å². The summed E-state index contributed by atoms with van der Waals surface area (Å²) in [5, 5.41) is 17.6. The third-order valence-electron chi connectivity index (χ3n) is 2.59. The first-order chi connectivity index (χ1) is 9.15. The largest absolute Gasteiger partial charge is 0.392 e. The molecule has 0 unspecified atom stereocenters. The predicted octanol–water partition coefficient (Wildman–Crippen LogP) is -1.59. The summed E-state index contributed by atoms with van der Waals surface area (Å²) in [4.78, 5) is 25.4. The molecule has 1 aliphatic heterocycles. The van der Waals surface area contributed by atoms with Crippen LogP contribution >= 0.6 is 0 Å². The van der Waals surface area contributed by atoms with Crippen molar-refractivity contribution >= 4 is 6.08 Å². The summed E-state index contributed by atoms with van der Waals surface area (Å²) >= 11 is 0. The zero-order chi connectivity index (χ0) is 13.8. The van der Waals surface area contributed by atoms with E-state index >= 15 is 0 Å². The molecule has 1 saturated heterocycles. The highest BCUT2D eigenvalue weighted by Gasteiger charge is 2.27. The molecule has 1 aromatic rings. The minimum atomic E-state index is -0.778. The van der Waals surface area contributed by atoms with E-state index in [0.717, 1.165) is 0 Å². The Morgan fingerprint density at radius 2 is 2.26 bits per heavy atom. The summed E-state index contributed by atoms with van der Waals surface area (Å²) in [7, 11) is 0. The summed E-state index contributed by atoms with van der Waals surface area (Å²) in [5.74, 6) is 0. The lowest BCUT2D eigenvalue weighted by Gasteiger charge is -2.12. The number of H-pyrrole nitrogens is 1. The number of aromatic nitrogens is 2. The molecular weight excluding hydrogens is 256 g/mol. The number of aromatic amines is 1. The Labute approximate surface area is 107 Å². The van der Waals surface area contributed by atoms with Crippen LogP contribution in [0.3, 0.4) is 0 Å². The molecule has 104 valence electrons. The minimum absolute atomic E-state index is 0.0976. The number of hydrogen-bond donors (Lipinski definition) is 3. The van der Waals surface area contributed by atoms with Crippen LogP contribution in [0.5, 0.6) is 0 Å². The topological polar surface area (TPSA) is 114 Å². The molecular formula is C11H14N2O6. The van der Waals surface area contributed by atoms with Gasteiger partial charge in [-0.1, -0.05) is 6.08 Å². The van der Waals surface area contributed by atoms with E-state index in [1.54, 1.807) is 0 Å². The Morgan fingerprint density at radius 1 is 1.47 bits per heavy atom. The molecule has 1 fully saturated rings. The minimum Gasteiger partial charge on any atom is -0.392 e. The van der Waals surface area contributed by atoms with Crippen LogP contribution in [0, 0.1) is 0 Å². The van der Waals surface area contributed by atoms with Gasteiger partial charge in [0.1, 0.15) is 0 Å². The quantitative estimate of drug-likeness (QED) is 0.607. The van der Waals surface area contributed by atoms with E-state index in [4.69, 9.17) is 19.7 Å². The van der Waals surface area contributed by atoms with Crippen molar-refractivity contribution in [1.29, 1.82) is 0 Å². The van der Waals surface area contributed by atoms with E-state index in [2.05, 4.69) is 4.98 Å². The summed E-state index contributed by atoms with van der Waals surface area (Å²) in [5.41, 5.74) is -0.966. The number of aliphatic hydroxyl groups excluding tert-OH is 2. The van der Waals surface area contributed by atoms with Gasteiger partial charge in [0, 0.05) is 6.20 Å². The number of rotatable bonds is 4. The first-order valence-corrected chi connectivity index (χ1v) is 5.66. The zero-order valence-corrected chi connectivity index (χ0v) is 9.98. The Morgan fingerprint density at radius 3 is 2.89 bits per heavy atom. The highest BCUT2D eigenvalue weighted by Crippen LogP contribution is 2.18. The van der Waals surface area contributed by atoms with Gasteiger partial charge in [-0.05, 0) is 6.08 Å². The van der Waals surface area contributed by atoms with Gasteiger partial charge in [0.15, 0.2) is 12.5 Å². The van der Waals surface area contributed by atoms with Crippen molar-refractivity contribution in [3.05, 3.63) is 38.7 Å². The molecule has 8 nitrogen and oxygen atoms in total. The molecule has 8 heteroatoms. The average molecular weight is 270 g/mol. The van der Waals surface area contributed by atoms with E-state index < -0.39 is 23.8 Å². The summed E-state index contributed by atoms with van der Waals surface area (Å²) in [6, 6.07) is 0. The molecule has 0 aliphatic carbocycles. The van der Waals surface area contributed by atoms with Gasteiger partial charge in [-0.3, -0.25) is 14.3 Å². The maximum Gasteiger partial charge on any atom is 0.330 e. The highest BCUT2D eigenvalue weighted by atomic mass is 16.7. The highest BCUT2D eigenvalue weighted by molar-refractivity contribution is 5.46. The first-order valence-electron chi connectivity index (χ1n) is 5.66. The molecule has 0 spiro atoms. The molecule has 1 aliphatic rings. The van der Waals surface area contributed by atoms with Crippen molar-refractivity contribution in [2.45, 2.75) is 12.5 Å². The predicted molar refractivity (Wildman–Crippen MR) is 64.4 cm³/mol. The average Bonchev–Trinajstić information content (AvgIpc) is 2.86. The molecule has 0 bridgehead atoms. The summed E-state index contributed by atoms with van der Waals surface area (Å²) in [6.07, 6.45) is 2.61. The third kappa shape index (κ3) is 2.99. The smallest absolute Gasteiger partial charge is 0.330 e. The fourth-order valence-electron chi connectivity index (χ4n) is 1.70. The molecule has 2 rings (SSSR count). The van der Waals surface area contributed by atoms with Crippen molar-refractivity contribution in [1.82, 2.24) is 9.55 Å². The molecule has 2 heterocycles. The second-order valence-electron chi connectivity index (χ2n) is 3.87. The van der Waals surface area contributed by atoms with Crippen molar-refractivity contribution in [2.24, 2.45) is 0 Å². The molecule has 3 N–H and O–H groups in total. The fourth-order valence-corrected chi connectivity index (χ4v) is 1.70. The van der Waals surface area contributed by atoms with E-state index in [9.17, 15) is 9.59 Å². The number of ether oxygens (including phenoxy) is 2. The number of nitrogens with zero attached hydrogens (tertiary/aromatic N) is 1. The first kappa shape index (κ1) is 13.7. The van der Waals surface area contributed by atoms with Gasteiger partial charge in [0.25, 0.3) is 5.56 Å². The number of aliphatic hydroxyl groups is 2.